The molecule has 0 spiro atoms. The van der Waals surface area contributed by atoms with E-state index in [-0.39, 0.29) is 11.6 Å². The van der Waals surface area contributed by atoms with E-state index in [1.165, 1.54) is 12.1 Å². The van der Waals surface area contributed by atoms with Crippen LogP contribution in [0.1, 0.15) is 46.5 Å². The predicted molar refractivity (Wildman–Crippen MR) is 70.0 cm³/mol. The second-order valence-corrected chi connectivity index (χ2v) is 4.34. The molecule has 0 aliphatic rings. The minimum absolute atomic E-state index is 0.132. The van der Waals surface area contributed by atoms with Crippen LogP contribution >= 0.6 is 0 Å². The van der Waals surface area contributed by atoms with Gasteiger partial charge in [-0.05, 0) is 38.0 Å². The molecule has 0 heterocycles. The molecular formula is C13H18N2O3. The fraction of sp³-hybridized carbons (Fsp3) is 0.385. The lowest BCUT2D eigenvalue weighted by atomic mass is 10.0. The molecule has 5 nitrogen and oxygen atoms in total. The number of carboxylic acid groups (broad SMARTS) is 1. The summed E-state index contributed by atoms with van der Waals surface area (Å²) in [5.74, 6) is -1.59. The lowest BCUT2D eigenvalue weighted by molar-refractivity contribution is 0.0695. The number of primary amides is 1. The highest BCUT2D eigenvalue weighted by atomic mass is 16.4. The first kappa shape index (κ1) is 14.0. The second-order valence-electron chi connectivity index (χ2n) is 4.34. The van der Waals surface area contributed by atoms with E-state index in [1.54, 1.807) is 6.92 Å². The van der Waals surface area contributed by atoms with Crippen LogP contribution in [0.2, 0.25) is 0 Å². The van der Waals surface area contributed by atoms with Gasteiger partial charge in [-0.3, -0.25) is 4.79 Å². The van der Waals surface area contributed by atoms with Crippen molar-refractivity contribution in [3.05, 3.63) is 28.8 Å². The number of carboxylic acids is 1. The predicted octanol–water partition coefficient (Wildman–Crippen LogP) is 2.00. The molecule has 5 heteroatoms. The van der Waals surface area contributed by atoms with Crippen LogP contribution < -0.4 is 11.1 Å². The first-order chi connectivity index (χ1) is 8.36. The van der Waals surface area contributed by atoms with Crippen LogP contribution in [0.5, 0.6) is 0 Å². The van der Waals surface area contributed by atoms with E-state index in [2.05, 4.69) is 5.32 Å². The molecule has 1 aromatic rings. The Balaban J connectivity index is 3.30. The van der Waals surface area contributed by atoms with Crippen LogP contribution in [-0.4, -0.2) is 23.0 Å². The minimum atomic E-state index is -1.02. The summed E-state index contributed by atoms with van der Waals surface area (Å²) in [4.78, 5) is 22.4. The third-order valence-electron chi connectivity index (χ3n) is 2.87. The Morgan fingerprint density at radius 1 is 1.39 bits per heavy atom. The van der Waals surface area contributed by atoms with Crippen molar-refractivity contribution >= 4 is 17.6 Å². The molecule has 0 radical (unpaired) electrons. The first-order valence-corrected chi connectivity index (χ1v) is 5.81. The van der Waals surface area contributed by atoms with Gasteiger partial charge in [0.2, 0.25) is 0 Å². The van der Waals surface area contributed by atoms with Gasteiger partial charge in [0.25, 0.3) is 5.91 Å². The normalized spacial score (nSPS) is 11.9. The van der Waals surface area contributed by atoms with Gasteiger partial charge in [0, 0.05) is 11.7 Å². The van der Waals surface area contributed by atoms with Gasteiger partial charge in [0.15, 0.2) is 0 Å². The third-order valence-corrected chi connectivity index (χ3v) is 2.87. The quantitative estimate of drug-likeness (QED) is 0.745. The van der Waals surface area contributed by atoms with Crippen LogP contribution in [0.3, 0.4) is 0 Å². The molecule has 0 bridgehead atoms. The lowest BCUT2D eigenvalue weighted by Gasteiger charge is -2.17. The van der Waals surface area contributed by atoms with Crippen molar-refractivity contribution in [2.45, 2.75) is 33.2 Å². The number of nitrogens with one attached hydrogen (secondary N) is 1. The van der Waals surface area contributed by atoms with Gasteiger partial charge in [-0.1, -0.05) is 6.92 Å². The number of amides is 1. The summed E-state index contributed by atoms with van der Waals surface area (Å²) in [5, 5.41) is 12.2. The van der Waals surface area contributed by atoms with Crippen LogP contribution in [-0.2, 0) is 0 Å². The summed E-state index contributed by atoms with van der Waals surface area (Å²) < 4.78 is 0. The van der Waals surface area contributed by atoms with Crippen molar-refractivity contribution in [2.75, 3.05) is 5.32 Å². The van der Waals surface area contributed by atoms with Crippen LogP contribution in [0.15, 0.2) is 12.1 Å². The van der Waals surface area contributed by atoms with Gasteiger partial charge >= 0.3 is 5.97 Å². The molecule has 1 amide bonds. The lowest BCUT2D eigenvalue weighted by Crippen LogP contribution is -2.20. The molecule has 0 saturated heterocycles. The van der Waals surface area contributed by atoms with E-state index >= 15 is 0 Å². The molecule has 18 heavy (non-hydrogen) atoms. The topological polar surface area (TPSA) is 92.4 Å². The zero-order valence-corrected chi connectivity index (χ0v) is 10.8. The average molecular weight is 250 g/mol. The van der Waals surface area contributed by atoms with Crippen molar-refractivity contribution in [3.63, 3.8) is 0 Å². The number of rotatable bonds is 5. The van der Waals surface area contributed by atoms with Crippen LogP contribution in [0.25, 0.3) is 0 Å². The largest absolute Gasteiger partial charge is 0.478 e. The molecule has 1 aromatic carbocycles. The van der Waals surface area contributed by atoms with Crippen molar-refractivity contribution in [3.8, 4) is 0 Å². The maximum atomic E-state index is 11.4. The highest BCUT2D eigenvalue weighted by molar-refractivity contribution is 6.01. The van der Waals surface area contributed by atoms with E-state index in [9.17, 15) is 9.59 Å². The van der Waals surface area contributed by atoms with Gasteiger partial charge in [-0.2, -0.15) is 0 Å². The van der Waals surface area contributed by atoms with Gasteiger partial charge in [-0.15, -0.1) is 0 Å². The average Bonchev–Trinajstić information content (AvgIpc) is 2.29. The maximum Gasteiger partial charge on any atom is 0.336 e. The molecule has 1 rings (SSSR count). The van der Waals surface area contributed by atoms with E-state index in [1.807, 2.05) is 13.8 Å². The van der Waals surface area contributed by atoms with Gasteiger partial charge < -0.3 is 16.2 Å². The zero-order chi connectivity index (χ0) is 13.9. The summed E-state index contributed by atoms with van der Waals surface area (Å²) in [6.07, 6.45) is 0.856. The Labute approximate surface area is 106 Å². The Hall–Kier alpha value is -2.04. The molecule has 4 N–H and O–H groups in total. The number of anilines is 1. The summed E-state index contributed by atoms with van der Waals surface area (Å²) in [5.41, 5.74) is 6.78. The Morgan fingerprint density at radius 3 is 2.44 bits per heavy atom. The summed E-state index contributed by atoms with van der Waals surface area (Å²) in [6.45, 7) is 5.59. The first-order valence-electron chi connectivity index (χ1n) is 5.81. The van der Waals surface area contributed by atoms with E-state index in [0.29, 0.717) is 16.8 Å². The number of carbonyl (C=O) groups excluding carboxylic acids is 1. The summed E-state index contributed by atoms with van der Waals surface area (Å²) >= 11 is 0. The summed E-state index contributed by atoms with van der Waals surface area (Å²) in [6, 6.07) is 3.10. The number of benzene rings is 1. The number of hydrogen-bond donors (Lipinski definition) is 3. The van der Waals surface area contributed by atoms with Crippen molar-refractivity contribution in [1.82, 2.24) is 0 Å². The van der Waals surface area contributed by atoms with Crippen molar-refractivity contribution < 1.29 is 14.7 Å². The third kappa shape index (κ3) is 3.00. The van der Waals surface area contributed by atoms with Crippen molar-refractivity contribution in [1.29, 1.82) is 0 Å². The SMILES string of the molecule is CCC(C)Nc1cc(C(=O)O)c(C)cc1C(N)=O. The Bertz CT molecular complexity index is 483. The highest BCUT2D eigenvalue weighted by Gasteiger charge is 2.16. The summed E-state index contributed by atoms with van der Waals surface area (Å²) in [7, 11) is 0. The Kier molecular flexibility index (Phi) is 4.31. The monoisotopic (exact) mass is 250 g/mol. The van der Waals surface area contributed by atoms with Crippen LogP contribution in [0.4, 0.5) is 5.69 Å². The molecule has 0 aliphatic heterocycles. The van der Waals surface area contributed by atoms with E-state index in [0.717, 1.165) is 6.42 Å². The number of hydrogen-bond acceptors (Lipinski definition) is 3. The maximum absolute atomic E-state index is 11.4. The smallest absolute Gasteiger partial charge is 0.336 e. The molecule has 0 aliphatic carbocycles. The van der Waals surface area contributed by atoms with E-state index < -0.39 is 11.9 Å². The molecule has 1 atom stereocenters. The number of aromatic carboxylic acids is 1. The number of aryl methyl sites for hydroxylation is 1. The minimum Gasteiger partial charge on any atom is -0.478 e. The standard InChI is InChI=1S/C13H18N2O3/c1-4-8(3)15-11-6-9(13(17)18)7(2)5-10(11)12(14)16/h5-6,8,15H,4H2,1-3H3,(H2,14,16)(H,17,18). The second kappa shape index (κ2) is 5.53. The van der Waals surface area contributed by atoms with E-state index in [4.69, 9.17) is 10.8 Å². The Morgan fingerprint density at radius 2 is 2.00 bits per heavy atom. The molecule has 0 aromatic heterocycles. The zero-order valence-electron chi connectivity index (χ0n) is 10.8. The molecule has 1 unspecified atom stereocenters. The number of carbonyl (C=O) groups is 2. The van der Waals surface area contributed by atoms with Gasteiger partial charge in [-0.25, -0.2) is 4.79 Å². The molecular weight excluding hydrogens is 232 g/mol. The fourth-order valence-electron chi connectivity index (χ4n) is 1.63. The van der Waals surface area contributed by atoms with Crippen molar-refractivity contribution in [2.24, 2.45) is 5.73 Å². The number of nitrogens with two attached hydrogens (primary N) is 1. The van der Waals surface area contributed by atoms with Gasteiger partial charge in [0.05, 0.1) is 11.1 Å². The van der Waals surface area contributed by atoms with Crippen LogP contribution in [0, 0.1) is 6.92 Å². The molecule has 98 valence electrons. The molecule has 0 saturated carbocycles. The molecule has 0 fully saturated rings. The van der Waals surface area contributed by atoms with Gasteiger partial charge in [0.1, 0.15) is 0 Å². The fourth-order valence-corrected chi connectivity index (χ4v) is 1.63. The highest BCUT2D eigenvalue weighted by Crippen LogP contribution is 2.22.